The Morgan fingerprint density at radius 2 is 1.88 bits per heavy atom. The molecule has 7 heteroatoms. The summed E-state index contributed by atoms with van der Waals surface area (Å²) in [6.45, 7) is 1.79. The number of carbonyl (C=O) groups is 1. The van der Waals surface area contributed by atoms with E-state index in [1.807, 2.05) is 78.2 Å². The zero-order chi connectivity index (χ0) is 23.7. The van der Waals surface area contributed by atoms with Crippen LogP contribution in [-0.2, 0) is 4.52 Å². The number of anilines is 2. The molecule has 2 atom stereocenters. The highest BCUT2D eigenvalue weighted by atomic mass is 32.1. The van der Waals surface area contributed by atoms with E-state index < -0.39 is 7.72 Å². The summed E-state index contributed by atoms with van der Waals surface area (Å²) in [6.07, 6.45) is 1.22. The maximum Gasteiger partial charge on any atom is 0.256 e. The summed E-state index contributed by atoms with van der Waals surface area (Å²) in [5.41, 5.74) is 11.8. The van der Waals surface area contributed by atoms with Crippen LogP contribution >= 0.6 is 19.1 Å². The van der Waals surface area contributed by atoms with Crippen molar-refractivity contribution in [2.45, 2.75) is 12.5 Å². The van der Waals surface area contributed by atoms with Gasteiger partial charge in [0.15, 0.2) is 0 Å². The Bertz CT molecular complexity index is 1320. The summed E-state index contributed by atoms with van der Waals surface area (Å²) >= 11 is 1.66. The molecule has 2 unspecified atom stereocenters. The average Bonchev–Trinajstić information content (AvgIpc) is 3.49. The number of para-hydroxylation sites is 1. The number of nitrogen functional groups attached to an aromatic ring is 1. The second kappa shape index (κ2) is 9.32. The van der Waals surface area contributed by atoms with Crippen LogP contribution in [0.25, 0.3) is 21.6 Å². The van der Waals surface area contributed by atoms with Crippen molar-refractivity contribution in [1.29, 1.82) is 0 Å². The van der Waals surface area contributed by atoms with Crippen LogP contribution in [0.2, 0.25) is 0 Å². The first-order valence-electron chi connectivity index (χ1n) is 11.1. The molecule has 2 heterocycles. The van der Waals surface area contributed by atoms with Gasteiger partial charge in [0, 0.05) is 33.5 Å². The molecule has 4 N–H and O–H groups in total. The molecule has 1 aromatic heterocycles. The first kappa shape index (κ1) is 22.8. The largest absolute Gasteiger partial charge is 0.398 e. The lowest BCUT2D eigenvalue weighted by molar-refractivity contribution is 0.102. The average molecular weight is 490 g/mol. The quantitative estimate of drug-likeness (QED) is 0.211. The highest BCUT2D eigenvalue weighted by Gasteiger charge is 2.33. The highest BCUT2D eigenvalue weighted by molar-refractivity contribution is 7.65. The Hall–Kier alpha value is -3.02. The minimum atomic E-state index is -2.33. The molecule has 5 rings (SSSR count). The molecule has 3 aromatic carbocycles. The second-order valence-corrected chi connectivity index (χ2v) is 12.3. The van der Waals surface area contributed by atoms with Crippen LogP contribution in [0.5, 0.6) is 0 Å². The lowest BCUT2D eigenvalue weighted by Crippen LogP contribution is -2.14. The van der Waals surface area contributed by atoms with Crippen LogP contribution in [0.1, 0.15) is 28.4 Å². The monoisotopic (exact) mass is 489 g/mol. The van der Waals surface area contributed by atoms with Crippen molar-refractivity contribution in [2.75, 3.05) is 23.9 Å². The number of carbonyl (C=O) groups excluding carboxylic acids is 1. The predicted octanol–water partition coefficient (Wildman–Crippen LogP) is 6.85. The third kappa shape index (κ3) is 4.77. The first-order valence-corrected chi connectivity index (χ1v) is 14.3. The molecule has 0 spiro atoms. The van der Waals surface area contributed by atoms with E-state index >= 15 is 0 Å². The SMILES string of the molecule is C[P]1(O)CCC(c2ccc(C(=O)Nc3ccccc3)c(-c3cc(-c4cccs4)ccc3N)c2)O1. The van der Waals surface area contributed by atoms with Gasteiger partial charge in [-0.1, -0.05) is 36.4 Å². The van der Waals surface area contributed by atoms with E-state index in [1.54, 1.807) is 18.0 Å². The van der Waals surface area contributed by atoms with E-state index in [0.29, 0.717) is 17.4 Å². The van der Waals surface area contributed by atoms with E-state index in [1.165, 1.54) is 0 Å². The third-order valence-corrected chi connectivity index (χ3v) is 8.72. The smallest absolute Gasteiger partial charge is 0.256 e. The molecule has 1 fully saturated rings. The number of rotatable bonds is 5. The molecule has 0 aliphatic carbocycles. The van der Waals surface area contributed by atoms with Crippen LogP contribution < -0.4 is 11.1 Å². The number of thiophene rings is 1. The van der Waals surface area contributed by atoms with Crippen LogP contribution in [0.3, 0.4) is 0 Å². The van der Waals surface area contributed by atoms with Crippen molar-refractivity contribution >= 4 is 36.3 Å². The van der Waals surface area contributed by atoms with Gasteiger partial charge in [0.1, 0.15) is 0 Å². The first-order chi connectivity index (χ1) is 16.4. The molecule has 0 saturated carbocycles. The molecule has 1 amide bonds. The van der Waals surface area contributed by atoms with E-state index in [0.717, 1.165) is 39.2 Å². The normalized spacial score (nSPS) is 19.8. The van der Waals surface area contributed by atoms with Crippen molar-refractivity contribution in [3.63, 3.8) is 0 Å². The maximum atomic E-state index is 13.4. The van der Waals surface area contributed by atoms with Gasteiger partial charge in [-0.15, -0.1) is 11.3 Å². The summed E-state index contributed by atoms with van der Waals surface area (Å²) in [6, 6.07) is 25.1. The lowest BCUT2D eigenvalue weighted by atomic mass is 9.92. The standard InChI is InChI=1S/C27H26N2O3PS/c1-33(31)14-13-25(32-33)18-9-11-21(27(30)29-20-6-3-2-4-7-20)22(16-18)23-17-19(10-12-24(23)28)26-8-5-15-34-26/h2-12,15-17,25,31H,13-14,28H2,1H3,(H,29,30). The molecule has 1 radical (unpaired) electrons. The number of hydrogen-bond donors (Lipinski definition) is 3. The minimum absolute atomic E-state index is 0.199. The van der Waals surface area contributed by atoms with Gasteiger partial charge in [0.25, 0.3) is 5.91 Å². The molecular formula is C27H26N2O3PS. The fourth-order valence-corrected chi connectivity index (χ4v) is 6.57. The molecule has 34 heavy (non-hydrogen) atoms. The van der Waals surface area contributed by atoms with Crippen LogP contribution in [0.15, 0.2) is 84.2 Å². The van der Waals surface area contributed by atoms with Crippen molar-refractivity contribution in [1.82, 2.24) is 0 Å². The van der Waals surface area contributed by atoms with Crippen LogP contribution in [0.4, 0.5) is 11.4 Å². The van der Waals surface area contributed by atoms with Crippen molar-refractivity contribution in [3.8, 4) is 21.6 Å². The van der Waals surface area contributed by atoms with Gasteiger partial charge >= 0.3 is 0 Å². The summed E-state index contributed by atoms with van der Waals surface area (Å²) in [5.74, 6) is -0.208. The van der Waals surface area contributed by atoms with E-state index in [-0.39, 0.29) is 12.0 Å². The number of nitrogens with one attached hydrogen (secondary N) is 1. The van der Waals surface area contributed by atoms with Crippen molar-refractivity contribution in [3.05, 3.63) is 95.4 Å². The number of amides is 1. The molecule has 1 aliphatic heterocycles. The Balaban J connectivity index is 1.60. The van der Waals surface area contributed by atoms with Gasteiger partial charge < -0.3 is 20.5 Å². The zero-order valence-corrected chi connectivity index (χ0v) is 20.5. The van der Waals surface area contributed by atoms with Gasteiger partial charge in [-0.2, -0.15) is 0 Å². The number of hydrogen-bond acceptors (Lipinski definition) is 5. The fraction of sp³-hybridized carbons (Fsp3) is 0.148. The second-order valence-electron chi connectivity index (χ2n) is 8.56. The highest BCUT2D eigenvalue weighted by Crippen LogP contribution is 2.62. The van der Waals surface area contributed by atoms with Gasteiger partial charge in [0.05, 0.1) is 13.8 Å². The zero-order valence-electron chi connectivity index (χ0n) is 18.8. The summed E-state index contributed by atoms with van der Waals surface area (Å²) in [5, 5.41) is 5.03. The molecule has 1 aliphatic rings. The third-order valence-electron chi connectivity index (χ3n) is 6.00. The molecular weight excluding hydrogens is 463 g/mol. The van der Waals surface area contributed by atoms with E-state index in [9.17, 15) is 9.69 Å². The summed E-state index contributed by atoms with van der Waals surface area (Å²) < 4.78 is 5.97. The van der Waals surface area contributed by atoms with Crippen LogP contribution in [-0.4, -0.2) is 23.6 Å². The summed E-state index contributed by atoms with van der Waals surface area (Å²) in [7, 11) is -2.33. The maximum absolute atomic E-state index is 13.4. The Morgan fingerprint density at radius 3 is 2.59 bits per heavy atom. The topological polar surface area (TPSA) is 84.6 Å². The van der Waals surface area contributed by atoms with Crippen molar-refractivity contribution in [2.24, 2.45) is 0 Å². The predicted molar refractivity (Wildman–Crippen MR) is 142 cm³/mol. The Morgan fingerprint density at radius 1 is 1.06 bits per heavy atom. The molecule has 5 nitrogen and oxygen atoms in total. The van der Waals surface area contributed by atoms with Crippen LogP contribution in [0, 0.1) is 0 Å². The Kier molecular flexibility index (Phi) is 6.24. The number of benzene rings is 3. The lowest BCUT2D eigenvalue weighted by Gasteiger charge is -2.21. The van der Waals surface area contributed by atoms with Gasteiger partial charge in [-0.25, -0.2) is 0 Å². The van der Waals surface area contributed by atoms with Gasteiger partial charge in [-0.3, -0.25) is 4.79 Å². The van der Waals surface area contributed by atoms with Crippen molar-refractivity contribution < 1.29 is 14.2 Å². The summed E-state index contributed by atoms with van der Waals surface area (Å²) in [4.78, 5) is 24.9. The number of nitrogens with two attached hydrogens (primary N) is 1. The van der Waals surface area contributed by atoms with E-state index in [4.69, 9.17) is 10.3 Å². The fourth-order valence-electron chi connectivity index (χ4n) is 4.25. The minimum Gasteiger partial charge on any atom is -0.398 e. The van der Waals surface area contributed by atoms with Gasteiger partial charge in [0.2, 0.25) is 0 Å². The molecule has 173 valence electrons. The Labute approximate surface area is 203 Å². The molecule has 0 bridgehead atoms. The molecule has 4 aromatic rings. The van der Waals surface area contributed by atoms with E-state index in [2.05, 4.69) is 11.4 Å². The molecule has 1 saturated heterocycles. The van der Waals surface area contributed by atoms with Gasteiger partial charge in [-0.05, 0) is 77.6 Å².